The molecule has 0 amide bonds. The minimum atomic E-state index is -5.08. The number of aliphatic carboxylic acids is 3. The van der Waals surface area contributed by atoms with Crippen LogP contribution in [0.1, 0.15) is 37.0 Å². The van der Waals surface area contributed by atoms with Gasteiger partial charge in [0.15, 0.2) is 0 Å². The molecular formula is C25H28F9N3O7. The fourth-order valence-corrected chi connectivity index (χ4v) is 4.27. The molecule has 2 saturated heterocycles. The van der Waals surface area contributed by atoms with Gasteiger partial charge in [-0.3, -0.25) is 14.8 Å². The van der Waals surface area contributed by atoms with Gasteiger partial charge in [0.2, 0.25) is 0 Å². The van der Waals surface area contributed by atoms with Gasteiger partial charge in [0, 0.05) is 37.6 Å². The molecule has 0 aromatic carbocycles. The normalized spacial score (nSPS) is 16.8. The molecule has 2 aromatic rings. The summed E-state index contributed by atoms with van der Waals surface area (Å²) in [6, 6.07) is 8.30. The number of halogens is 9. The van der Waals surface area contributed by atoms with Crippen molar-refractivity contribution in [3.8, 4) is 0 Å². The van der Waals surface area contributed by atoms with Crippen molar-refractivity contribution in [3.63, 3.8) is 0 Å². The first-order chi connectivity index (χ1) is 20.2. The number of hydrogen-bond donors (Lipinski definition) is 3. The molecule has 2 aliphatic rings. The number of carbonyl (C=O) groups is 3. The molecule has 1 spiro atoms. The molecule has 0 bridgehead atoms. The van der Waals surface area contributed by atoms with Gasteiger partial charge in [-0.2, -0.15) is 39.5 Å². The summed E-state index contributed by atoms with van der Waals surface area (Å²) >= 11 is 0. The van der Waals surface area contributed by atoms with Crippen molar-refractivity contribution in [1.82, 2.24) is 14.8 Å². The molecule has 2 aromatic heterocycles. The van der Waals surface area contributed by atoms with E-state index in [1.165, 1.54) is 50.9 Å². The number of carboxylic acids is 3. The van der Waals surface area contributed by atoms with Crippen molar-refractivity contribution in [2.24, 2.45) is 0 Å². The monoisotopic (exact) mass is 653 g/mol. The van der Waals surface area contributed by atoms with Gasteiger partial charge in [0.05, 0.1) is 12.8 Å². The zero-order chi connectivity index (χ0) is 33.8. The minimum Gasteiger partial charge on any atom is -0.475 e. The van der Waals surface area contributed by atoms with Gasteiger partial charge in [-0.05, 0) is 56.0 Å². The number of rotatable bonds is 4. The van der Waals surface area contributed by atoms with E-state index in [1.807, 2.05) is 24.5 Å². The van der Waals surface area contributed by atoms with E-state index in [0.717, 1.165) is 18.8 Å². The lowest BCUT2D eigenvalue weighted by atomic mass is 9.84. The highest BCUT2D eigenvalue weighted by atomic mass is 19.4. The molecule has 4 rings (SSSR count). The first-order valence-corrected chi connectivity index (χ1v) is 12.5. The molecule has 0 saturated carbocycles. The van der Waals surface area contributed by atoms with Gasteiger partial charge < -0.3 is 19.7 Å². The van der Waals surface area contributed by atoms with E-state index in [2.05, 4.69) is 26.9 Å². The van der Waals surface area contributed by atoms with E-state index in [-0.39, 0.29) is 0 Å². The molecule has 44 heavy (non-hydrogen) atoms. The number of piperidine rings is 1. The Labute approximate surface area is 243 Å². The number of aromatic nitrogens is 1. The zero-order valence-electron chi connectivity index (χ0n) is 22.6. The highest BCUT2D eigenvalue weighted by Crippen LogP contribution is 2.39. The Kier molecular flexibility index (Phi) is 14.1. The fourth-order valence-electron chi connectivity index (χ4n) is 4.27. The van der Waals surface area contributed by atoms with Gasteiger partial charge in [-0.1, -0.05) is 6.07 Å². The van der Waals surface area contributed by atoms with E-state index >= 15 is 0 Å². The molecule has 10 nitrogen and oxygen atoms in total. The summed E-state index contributed by atoms with van der Waals surface area (Å²) in [5, 5.41) is 21.4. The number of likely N-dealkylation sites (tertiary alicyclic amines) is 2. The lowest BCUT2D eigenvalue weighted by Gasteiger charge is -2.45. The second-order valence-electron chi connectivity index (χ2n) is 9.37. The number of hydrogen-bond acceptors (Lipinski definition) is 7. The summed E-state index contributed by atoms with van der Waals surface area (Å²) in [5.74, 6) is -7.19. The maximum absolute atomic E-state index is 10.6. The maximum Gasteiger partial charge on any atom is 0.490 e. The number of pyridine rings is 1. The molecule has 2 aliphatic heterocycles. The fraction of sp³-hybridized carbons (Fsp3) is 0.520. The molecule has 3 N–H and O–H groups in total. The van der Waals surface area contributed by atoms with Gasteiger partial charge in [-0.15, -0.1) is 0 Å². The Hall–Kier alpha value is -3.87. The summed E-state index contributed by atoms with van der Waals surface area (Å²) < 4.78 is 101. The number of alkyl halides is 9. The van der Waals surface area contributed by atoms with E-state index < -0.39 is 36.4 Å². The van der Waals surface area contributed by atoms with Gasteiger partial charge in [0.25, 0.3) is 0 Å². The molecule has 2 fully saturated rings. The van der Waals surface area contributed by atoms with Crippen molar-refractivity contribution < 1.29 is 73.6 Å². The van der Waals surface area contributed by atoms with Crippen LogP contribution in [0.15, 0.2) is 47.3 Å². The van der Waals surface area contributed by atoms with Crippen LogP contribution >= 0.6 is 0 Å². The number of carboxylic acid groups (broad SMARTS) is 3. The van der Waals surface area contributed by atoms with Crippen LogP contribution in [0.2, 0.25) is 0 Å². The van der Waals surface area contributed by atoms with Crippen molar-refractivity contribution in [2.75, 3.05) is 19.6 Å². The predicted molar refractivity (Wildman–Crippen MR) is 131 cm³/mol. The minimum absolute atomic E-state index is 0.412. The number of nitrogens with zero attached hydrogens (tertiary/aromatic N) is 3. The average molecular weight is 653 g/mol. The molecular weight excluding hydrogens is 625 g/mol. The van der Waals surface area contributed by atoms with Crippen molar-refractivity contribution in [2.45, 2.75) is 62.8 Å². The summed E-state index contributed by atoms with van der Waals surface area (Å²) in [4.78, 5) is 36.2. The van der Waals surface area contributed by atoms with Crippen LogP contribution in [0, 0.1) is 0 Å². The lowest BCUT2D eigenvalue weighted by Crippen LogP contribution is -2.51. The van der Waals surface area contributed by atoms with Crippen molar-refractivity contribution in [1.29, 1.82) is 0 Å². The zero-order valence-corrected chi connectivity index (χ0v) is 22.6. The van der Waals surface area contributed by atoms with Crippen molar-refractivity contribution in [3.05, 3.63) is 54.2 Å². The Balaban J connectivity index is 0.000000379. The van der Waals surface area contributed by atoms with Crippen LogP contribution < -0.4 is 0 Å². The summed E-state index contributed by atoms with van der Waals surface area (Å²) in [6.07, 6.45) is -4.38. The first-order valence-electron chi connectivity index (χ1n) is 12.5. The third kappa shape index (κ3) is 13.6. The molecule has 0 aliphatic carbocycles. The summed E-state index contributed by atoms with van der Waals surface area (Å²) in [7, 11) is 0. The first kappa shape index (κ1) is 38.2. The maximum atomic E-state index is 10.6. The van der Waals surface area contributed by atoms with Gasteiger partial charge >= 0.3 is 36.4 Å². The third-order valence-electron chi connectivity index (χ3n) is 6.31. The number of furan rings is 1. The van der Waals surface area contributed by atoms with Crippen LogP contribution in [0.4, 0.5) is 39.5 Å². The van der Waals surface area contributed by atoms with E-state index in [0.29, 0.717) is 5.54 Å². The third-order valence-corrected chi connectivity index (χ3v) is 6.31. The highest BCUT2D eigenvalue weighted by Gasteiger charge is 2.43. The lowest BCUT2D eigenvalue weighted by molar-refractivity contribution is -0.193. The Morgan fingerprint density at radius 3 is 1.66 bits per heavy atom. The predicted octanol–water partition coefficient (Wildman–Crippen LogP) is 5.21. The molecule has 0 radical (unpaired) electrons. The highest BCUT2D eigenvalue weighted by molar-refractivity contribution is 5.73. The molecule has 0 unspecified atom stereocenters. The Morgan fingerprint density at radius 2 is 1.27 bits per heavy atom. The summed E-state index contributed by atoms with van der Waals surface area (Å²) in [5.41, 5.74) is 1.75. The van der Waals surface area contributed by atoms with Crippen LogP contribution in [0.3, 0.4) is 0 Å². The Morgan fingerprint density at radius 1 is 0.773 bits per heavy atom. The molecule has 4 heterocycles. The van der Waals surface area contributed by atoms with Gasteiger partial charge in [0.1, 0.15) is 5.76 Å². The standard InChI is InChI=1S/C19H25N3O.3C2HF3O2/c1-4-17(14-20-9-1)15-22-10-3-6-19(22)7-11-21(12-8-19)16-18-5-2-13-23-18;3*3-2(4,5)1(6)7/h1-2,4-5,9,13-14H,3,6-8,10-12,15-16H2;3*(H,6,7). The van der Waals surface area contributed by atoms with E-state index in [4.69, 9.17) is 34.1 Å². The second kappa shape index (κ2) is 16.3. The Bertz CT molecular complexity index is 1110. The molecule has 248 valence electrons. The van der Waals surface area contributed by atoms with Crippen LogP contribution in [0.25, 0.3) is 0 Å². The second-order valence-corrected chi connectivity index (χ2v) is 9.37. The van der Waals surface area contributed by atoms with Crippen LogP contribution in [0.5, 0.6) is 0 Å². The molecule has 19 heteroatoms. The topological polar surface area (TPSA) is 144 Å². The largest absolute Gasteiger partial charge is 0.490 e. The van der Waals surface area contributed by atoms with Crippen molar-refractivity contribution >= 4 is 17.9 Å². The summed E-state index contributed by atoms with van der Waals surface area (Å²) in [6.45, 7) is 5.57. The van der Waals surface area contributed by atoms with Crippen LogP contribution in [-0.4, -0.2) is 91.7 Å². The quantitative estimate of drug-likeness (QED) is 0.377. The van der Waals surface area contributed by atoms with Gasteiger partial charge in [-0.25, -0.2) is 14.4 Å². The van der Waals surface area contributed by atoms with E-state index in [9.17, 15) is 39.5 Å². The van der Waals surface area contributed by atoms with E-state index in [1.54, 1.807) is 6.26 Å². The molecule has 0 atom stereocenters. The SMILES string of the molecule is O=C(O)C(F)(F)F.O=C(O)C(F)(F)F.O=C(O)C(F)(F)F.c1cncc(CN2CCCC23CCN(Cc2ccco2)CC3)c1. The smallest absolute Gasteiger partial charge is 0.475 e. The average Bonchev–Trinajstić information content (AvgIpc) is 3.56. The van der Waals surface area contributed by atoms with Crippen LogP contribution in [-0.2, 0) is 27.5 Å².